The zero-order valence-corrected chi connectivity index (χ0v) is 13.9. The third-order valence-electron chi connectivity index (χ3n) is 4.36. The summed E-state index contributed by atoms with van der Waals surface area (Å²) in [6.45, 7) is 1.94. The van der Waals surface area contributed by atoms with Gasteiger partial charge in [0.05, 0.1) is 12.8 Å². The average molecular weight is 335 g/mol. The summed E-state index contributed by atoms with van der Waals surface area (Å²) in [5.41, 5.74) is 2.90. The second kappa shape index (κ2) is 6.01. The summed E-state index contributed by atoms with van der Waals surface area (Å²) >= 11 is 0. The van der Waals surface area contributed by atoms with Gasteiger partial charge in [-0.2, -0.15) is 9.78 Å². The van der Waals surface area contributed by atoms with Crippen LogP contribution >= 0.6 is 0 Å². The summed E-state index contributed by atoms with van der Waals surface area (Å²) in [7, 11) is 1.63. The van der Waals surface area contributed by atoms with Gasteiger partial charge >= 0.3 is 0 Å². The van der Waals surface area contributed by atoms with Crippen molar-refractivity contribution in [1.82, 2.24) is 19.7 Å². The number of hydrogen-bond donors (Lipinski definition) is 1. The smallest absolute Gasteiger partial charge is 0.252 e. The Labute approximate surface area is 144 Å². The Balaban J connectivity index is 1.83. The summed E-state index contributed by atoms with van der Waals surface area (Å²) in [6, 6.07) is 9.53. The van der Waals surface area contributed by atoms with Crippen molar-refractivity contribution in [1.29, 1.82) is 0 Å². The van der Waals surface area contributed by atoms with E-state index in [4.69, 9.17) is 4.74 Å². The van der Waals surface area contributed by atoms with E-state index in [2.05, 4.69) is 20.4 Å². The third-order valence-corrected chi connectivity index (χ3v) is 4.36. The number of ether oxygens (including phenoxy) is 1. The number of carbonyl (C=O) groups excluding carboxylic acids is 1. The van der Waals surface area contributed by atoms with Crippen molar-refractivity contribution in [2.24, 2.45) is 0 Å². The monoisotopic (exact) mass is 335 g/mol. The van der Waals surface area contributed by atoms with Gasteiger partial charge in [-0.3, -0.25) is 4.79 Å². The third kappa shape index (κ3) is 2.63. The first-order valence-electron chi connectivity index (χ1n) is 7.98. The van der Waals surface area contributed by atoms with Gasteiger partial charge in [-0.15, -0.1) is 0 Å². The van der Waals surface area contributed by atoms with Crippen molar-refractivity contribution in [3.8, 4) is 11.7 Å². The van der Waals surface area contributed by atoms with Crippen LogP contribution in [0.5, 0.6) is 5.75 Å². The number of methoxy groups -OCH3 is 1. The van der Waals surface area contributed by atoms with Crippen LogP contribution in [0.25, 0.3) is 5.95 Å². The number of nitrogens with one attached hydrogen (secondary N) is 1. The molecule has 126 valence electrons. The second-order valence-corrected chi connectivity index (χ2v) is 5.89. The Morgan fingerprint density at radius 2 is 1.92 bits per heavy atom. The molecular formula is C18H17N5O2. The lowest BCUT2D eigenvalue weighted by molar-refractivity contribution is -0.116. The molecule has 7 nitrogen and oxygen atoms in total. The molecule has 0 unspecified atom stereocenters. The van der Waals surface area contributed by atoms with Crippen LogP contribution in [0.3, 0.4) is 0 Å². The molecule has 1 atom stereocenters. The van der Waals surface area contributed by atoms with E-state index in [9.17, 15) is 4.79 Å². The molecule has 0 spiro atoms. The number of amides is 1. The van der Waals surface area contributed by atoms with Crippen molar-refractivity contribution in [3.05, 3.63) is 59.5 Å². The van der Waals surface area contributed by atoms with Crippen LogP contribution in [-0.2, 0) is 4.79 Å². The van der Waals surface area contributed by atoms with Gasteiger partial charge in [0.15, 0.2) is 0 Å². The summed E-state index contributed by atoms with van der Waals surface area (Å²) < 4.78 is 6.82. The lowest BCUT2D eigenvalue weighted by Gasteiger charge is -2.24. The largest absolute Gasteiger partial charge is 0.497 e. The van der Waals surface area contributed by atoms with E-state index in [1.807, 2.05) is 31.2 Å². The molecule has 3 heterocycles. The van der Waals surface area contributed by atoms with E-state index in [1.54, 1.807) is 30.3 Å². The van der Waals surface area contributed by atoms with Crippen LogP contribution in [0.1, 0.15) is 29.2 Å². The van der Waals surface area contributed by atoms with Crippen LogP contribution in [0, 0.1) is 6.92 Å². The number of aromatic nitrogens is 4. The van der Waals surface area contributed by atoms with Gasteiger partial charge in [-0.25, -0.2) is 9.97 Å². The topological polar surface area (TPSA) is 81.9 Å². The molecule has 1 aromatic carbocycles. The van der Waals surface area contributed by atoms with Crippen molar-refractivity contribution >= 4 is 11.7 Å². The zero-order chi connectivity index (χ0) is 17.4. The SMILES string of the molecule is COc1ccc([C@H]2CC(=O)Nc3c2c(C)nn3-c2ncccn2)cc1. The molecule has 4 rings (SSSR count). The molecule has 0 saturated carbocycles. The number of carbonyl (C=O) groups is 1. The van der Waals surface area contributed by atoms with Crippen LogP contribution in [-0.4, -0.2) is 32.8 Å². The second-order valence-electron chi connectivity index (χ2n) is 5.89. The number of rotatable bonds is 3. The molecule has 1 aliphatic heterocycles. The molecule has 25 heavy (non-hydrogen) atoms. The van der Waals surface area contributed by atoms with Crippen LogP contribution in [0.4, 0.5) is 5.82 Å². The Morgan fingerprint density at radius 1 is 1.20 bits per heavy atom. The standard InChI is InChI=1S/C18H17N5O2/c1-11-16-14(12-4-6-13(25-2)7-5-12)10-15(24)21-17(16)23(22-11)18-19-8-3-9-20-18/h3-9,14H,10H2,1-2H3,(H,21,24)/t14-/m1/s1. The molecule has 7 heteroatoms. The minimum atomic E-state index is -0.0629. The lowest BCUT2D eigenvalue weighted by Crippen LogP contribution is -2.25. The highest BCUT2D eigenvalue weighted by molar-refractivity contribution is 5.95. The summed E-state index contributed by atoms with van der Waals surface area (Å²) in [5, 5.41) is 7.49. The van der Waals surface area contributed by atoms with Gasteiger partial charge in [-0.1, -0.05) is 12.1 Å². The Kier molecular flexibility index (Phi) is 3.68. The van der Waals surface area contributed by atoms with Crippen LogP contribution in [0.2, 0.25) is 0 Å². The van der Waals surface area contributed by atoms with E-state index < -0.39 is 0 Å². The predicted octanol–water partition coefficient (Wildman–Crippen LogP) is 2.45. The van der Waals surface area contributed by atoms with Crippen molar-refractivity contribution in [2.75, 3.05) is 12.4 Å². The molecular weight excluding hydrogens is 318 g/mol. The fourth-order valence-corrected chi connectivity index (χ4v) is 3.21. The Morgan fingerprint density at radius 3 is 2.60 bits per heavy atom. The molecule has 0 bridgehead atoms. The average Bonchev–Trinajstić information content (AvgIpc) is 2.98. The van der Waals surface area contributed by atoms with Crippen molar-refractivity contribution in [3.63, 3.8) is 0 Å². The molecule has 1 N–H and O–H groups in total. The summed E-state index contributed by atoms with van der Waals surface area (Å²) in [6.07, 6.45) is 3.68. The first-order valence-corrected chi connectivity index (χ1v) is 7.98. The number of hydrogen-bond acceptors (Lipinski definition) is 5. The zero-order valence-electron chi connectivity index (χ0n) is 13.9. The molecule has 1 aliphatic rings. The lowest BCUT2D eigenvalue weighted by atomic mass is 9.86. The fraction of sp³-hybridized carbons (Fsp3) is 0.222. The highest BCUT2D eigenvalue weighted by atomic mass is 16.5. The quantitative estimate of drug-likeness (QED) is 0.795. The molecule has 1 amide bonds. The van der Waals surface area contributed by atoms with E-state index in [0.717, 1.165) is 22.6 Å². The molecule has 0 saturated heterocycles. The van der Waals surface area contributed by atoms with Crippen LogP contribution in [0.15, 0.2) is 42.7 Å². The summed E-state index contributed by atoms with van der Waals surface area (Å²) in [4.78, 5) is 20.8. The number of fused-ring (bicyclic) bond motifs is 1. The van der Waals surface area contributed by atoms with Crippen molar-refractivity contribution in [2.45, 2.75) is 19.3 Å². The minimum Gasteiger partial charge on any atom is -0.497 e. The molecule has 0 radical (unpaired) electrons. The van der Waals surface area contributed by atoms with E-state index in [-0.39, 0.29) is 11.8 Å². The van der Waals surface area contributed by atoms with Gasteiger partial charge in [-0.05, 0) is 30.7 Å². The maximum absolute atomic E-state index is 12.3. The highest BCUT2D eigenvalue weighted by Gasteiger charge is 2.33. The Hall–Kier alpha value is -3.22. The number of nitrogens with zero attached hydrogens (tertiary/aromatic N) is 4. The molecule has 0 aliphatic carbocycles. The van der Waals surface area contributed by atoms with Crippen molar-refractivity contribution < 1.29 is 9.53 Å². The molecule has 2 aromatic heterocycles. The molecule has 3 aromatic rings. The van der Waals surface area contributed by atoms with Gasteiger partial charge < -0.3 is 10.1 Å². The van der Waals surface area contributed by atoms with E-state index in [1.165, 1.54) is 0 Å². The van der Waals surface area contributed by atoms with Gasteiger partial charge in [0.25, 0.3) is 5.95 Å². The first kappa shape index (κ1) is 15.3. The first-order chi connectivity index (χ1) is 12.2. The van der Waals surface area contributed by atoms with Crippen LogP contribution < -0.4 is 10.1 Å². The summed E-state index contributed by atoms with van der Waals surface area (Å²) in [5.74, 6) is 1.75. The number of benzene rings is 1. The van der Waals surface area contributed by atoms with Gasteiger partial charge in [0, 0.05) is 30.3 Å². The Bertz CT molecular complexity index is 919. The minimum absolute atomic E-state index is 0.0506. The number of anilines is 1. The fourth-order valence-electron chi connectivity index (χ4n) is 3.21. The maximum atomic E-state index is 12.3. The maximum Gasteiger partial charge on any atom is 0.252 e. The van der Waals surface area contributed by atoms with Gasteiger partial charge in [0.2, 0.25) is 5.91 Å². The normalized spacial score (nSPS) is 16.2. The highest BCUT2D eigenvalue weighted by Crippen LogP contribution is 2.40. The molecule has 0 fully saturated rings. The predicted molar refractivity (Wildman–Crippen MR) is 92.0 cm³/mol. The van der Waals surface area contributed by atoms with E-state index in [0.29, 0.717) is 18.2 Å². The van der Waals surface area contributed by atoms with E-state index >= 15 is 0 Å². The van der Waals surface area contributed by atoms with Gasteiger partial charge in [0.1, 0.15) is 11.6 Å². The number of aryl methyl sites for hydroxylation is 1.